The highest BCUT2D eigenvalue weighted by molar-refractivity contribution is 7.92. The van der Waals surface area contributed by atoms with Gasteiger partial charge in [0.15, 0.2) is 6.61 Å². The van der Waals surface area contributed by atoms with Gasteiger partial charge in [-0.25, -0.2) is 12.8 Å². The van der Waals surface area contributed by atoms with Crippen molar-refractivity contribution in [2.45, 2.75) is 4.90 Å². The normalized spacial score (nSPS) is 11.0. The van der Waals surface area contributed by atoms with Crippen LogP contribution < -0.4 is 9.46 Å². The fourth-order valence-corrected chi connectivity index (χ4v) is 3.39. The SMILES string of the molecule is CN(C)C(=O)COc1ccc(NS(=O)(=O)c2ccc(F)cc2Cl)cc1. The van der Waals surface area contributed by atoms with Gasteiger partial charge in [0.05, 0.1) is 5.02 Å². The zero-order valence-electron chi connectivity index (χ0n) is 13.5. The molecular weight excluding hydrogens is 371 g/mol. The minimum absolute atomic E-state index is 0.122. The standard InChI is InChI=1S/C16H16ClFN2O4S/c1-20(2)16(21)10-24-13-6-4-12(5-7-13)19-25(22,23)15-8-3-11(18)9-14(15)17/h3-9,19H,10H2,1-2H3. The van der Waals surface area contributed by atoms with E-state index in [0.717, 1.165) is 18.2 Å². The molecule has 0 aliphatic carbocycles. The maximum absolute atomic E-state index is 13.0. The van der Waals surface area contributed by atoms with Crippen molar-refractivity contribution >= 4 is 33.2 Å². The molecule has 6 nitrogen and oxygen atoms in total. The summed E-state index contributed by atoms with van der Waals surface area (Å²) in [6, 6.07) is 9.02. The highest BCUT2D eigenvalue weighted by atomic mass is 35.5. The van der Waals surface area contributed by atoms with Gasteiger partial charge in [-0.15, -0.1) is 0 Å². The minimum Gasteiger partial charge on any atom is -0.484 e. The monoisotopic (exact) mass is 386 g/mol. The van der Waals surface area contributed by atoms with Gasteiger partial charge >= 0.3 is 0 Å². The van der Waals surface area contributed by atoms with E-state index in [4.69, 9.17) is 16.3 Å². The lowest BCUT2D eigenvalue weighted by Gasteiger charge is -2.12. The van der Waals surface area contributed by atoms with Crippen LogP contribution in [0.2, 0.25) is 5.02 Å². The predicted molar refractivity (Wildman–Crippen MR) is 92.8 cm³/mol. The van der Waals surface area contributed by atoms with E-state index in [9.17, 15) is 17.6 Å². The molecule has 0 spiro atoms. The number of hydrogen-bond donors (Lipinski definition) is 1. The van der Waals surface area contributed by atoms with Gasteiger partial charge < -0.3 is 9.64 Å². The largest absolute Gasteiger partial charge is 0.484 e. The fourth-order valence-electron chi connectivity index (χ4n) is 1.80. The Morgan fingerprint density at radius 3 is 2.40 bits per heavy atom. The maximum atomic E-state index is 13.0. The molecule has 0 atom stereocenters. The fraction of sp³-hybridized carbons (Fsp3) is 0.188. The average molecular weight is 387 g/mol. The van der Waals surface area contributed by atoms with Crippen molar-refractivity contribution < 1.29 is 22.3 Å². The van der Waals surface area contributed by atoms with Crippen LogP contribution in [-0.2, 0) is 14.8 Å². The number of carbonyl (C=O) groups is 1. The van der Waals surface area contributed by atoms with Gasteiger partial charge in [-0.2, -0.15) is 0 Å². The second kappa shape index (κ2) is 7.71. The number of hydrogen-bond acceptors (Lipinski definition) is 4. The van der Waals surface area contributed by atoms with Crippen molar-refractivity contribution in [3.05, 3.63) is 53.3 Å². The predicted octanol–water partition coefficient (Wildman–Crippen LogP) is 2.75. The topological polar surface area (TPSA) is 75.7 Å². The number of nitrogens with one attached hydrogen (secondary N) is 1. The maximum Gasteiger partial charge on any atom is 0.263 e. The summed E-state index contributed by atoms with van der Waals surface area (Å²) in [7, 11) is -0.730. The summed E-state index contributed by atoms with van der Waals surface area (Å²) >= 11 is 5.79. The molecule has 1 N–H and O–H groups in total. The lowest BCUT2D eigenvalue weighted by atomic mass is 10.3. The van der Waals surface area contributed by atoms with Crippen molar-refractivity contribution in [2.24, 2.45) is 0 Å². The lowest BCUT2D eigenvalue weighted by molar-refractivity contribution is -0.130. The Hall–Kier alpha value is -2.32. The number of ether oxygens (including phenoxy) is 1. The lowest BCUT2D eigenvalue weighted by Crippen LogP contribution is -2.27. The molecule has 0 unspecified atom stereocenters. The van der Waals surface area contributed by atoms with Crippen molar-refractivity contribution in [1.29, 1.82) is 0 Å². The molecule has 1 amide bonds. The third-order valence-corrected chi connectivity index (χ3v) is 5.02. The van der Waals surface area contributed by atoms with Gasteiger partial charge in [-0.1, -0.05) is 11.6 Å². The quantitative estimate of drug-likeness (QED) is 0.828. The molecule has 0 aromatic heterocycles. The Kier molecular flexibility index (Phi) is 5.86. The van der Waals surface area contributed by atoms with Crippen LogP contribution in [-0.4, -0.2) is 39.9 Å². The van der Waals surface area contributed by atoms with Crippen molar-refractivity contribution in [1.82, 2.24) is 4.90 Å². The number of halogens is 2. The summed E-state index contributed by atoms with van der Waals surface area (Å²) in [4.78, 5) is 12.6. The molecule has 0 saturated carbocycles. The molecule has 25 heavy (non-hydrogen) atoms. The number of sulfonamides is 1. The van der Waals surface area contributed by atoms with Crippen molar-refractivity contribution in [2.75, 3.05) is 25.4 Å². The Morgan fingerprint density at radius 1 is 1.20 bits per heavy atom. The number of benzene rings is 2. The van der Waals surface area contributed by atoms with E-state index in [1.165, 1.54) is 29.2 Å². The first-order chi connectivity index (χ1) is 11.7. The molecule has 0 aliphatic rings. The molecule has 2 aromatic rings. The molecule has 0 saturated heterocycles. The molecule has 0 bridgehead atoms. The highest BCUT2D eigenvalue weighted by Crippen LogP contribution is 2.25. The summed E-state index contributed by atoms with van der Waals surface area (Å²) < 4.78 is 45.3. The molecule has 0 fully saturated rings. The zero-order chi connectivity index (χ0) is 18.6. The van der Waals surface area contributed by atoms with E-state index < -0.39 is 15.8 Å². The van der Waals surface area contributed by atoms with Crippen molar-refractivity contribution in [3.63, 3.8) is 0 Å². The second-order valence-electron chi connectivity index (χ2n) is 5.28. The first-order valence-electron chi connectivity index (χ1n) is 7.10. The van der Waals surface area contributed by atoms with Crippen molar-refractivity contribution in [3.8, 4) is 5.75 Å². The second-order valence-corrected chi connectivity index (χ2v) is 7.34. The van der Waals surface area contributed by atoms with Gasteiger partial charge in [0.1, 0.15) is 16.5 Å². The van der Waals surface area contributed by atoms with E-state index in [1.54, 1.807) is 14.1 Å². The van der Waals surface area contributed by atoms with Gasteiger partial charge in [0.25, 0.3) is 15.9 Å². The summed E-state index contributed by atoms with van der Waals surface area (Å²) in [5.74, 6) is -0.411. The highest BCUT2D eigenvalue weighted by Gasteiger charge is 2.18. The number of carbonyl (C=O) groups excluding carboxylic acids is 1. The number of nitrogens with zero attached hydrogens (tertiary/aromatic N) is 1. The number of rotatable bonds is 6. The third kappa shape index (κ3) is 5.07. The van der Waals surface area contributed by atoms with Crippen LogP contribution in [0.15, 0.2) is 47.4 Å². The van der Waals surface area contributed by atoms with Gasteiger partial charge in [0, 0.05) is 19.8 Å². The summed E-state index contributed by atoms with van der Waals surface area (Å²) in [5, 5.41) is -0.213. The molecule has 0 aliphatic heterocycles. The molecular formula is C16H16ClFN2O4S. The van der Waals surface area contributed by atoms with Crippen LogP contribution in [0, 0.1) is 5.82 Å². The molecule has 0 heterocycles. The molecule has 9 heteroatoms. The summed E-state index contributed by atoms with van der Waals surface area (Å²) in [6.45, 7) is -0.122. The number of amides is 1. The molecule has 0 radical (unpaired) electrons. The van der Waals surface area contributed by atoms with Crippen LogP contribution in [0.25, 0.3) is 0 Å². The summed E-state index contributed by atoms with van der Waals surface area (Å²) in [5.41, 5.74) is 0.270. The zero-order valence-corrected chi connectivity index (χ0v) is 15.1. The molecule has 2 rings (SSSR count). The van der Waals surface area contributed by atoms with Gasteiger partial charge in [-0.3, -0.25) is 9.52 Å². The molecule has 134 valence electrons. The summed E-state index contributed by atoms with van der Waals surface area (Å²) in [6.07, 6.45) is 0. The number of anilines is 1. The van der Waals surface area contributed by atoms with E-state index in [0.29, 0.717) is 5.75 Å². The Balaban J connectivity index is 2.08. The van der Waals surface area contributed by atoms with E-state index in [1.807, 2.05) is 0 Å². The Morgan fingerprint density at radius 2 is 1.84 bits per heavy atom. The third-order valence-electron chi connectivity index (χ3n) is 3.15. The van der Waals surface area contributed by atoms with Crippen LogP contribution in [0.3, 0.4) is 0 Å². The van der Waals surface area contributed by atoms with E-state index in [2.05, 4.69) is 4.72 Å². The molecule has 2 aromatic carbocycles. The Bertz CT molecular complexity index is 870. The first kappa shape index (κ1) is 19.0. The Labute approximate surface area is 150 Å². The number of likely N-dealkylation sites (N-methyl/N-ethyl adjacent to an activating group) is 1. The minimum atomic E-state index is -3.96. The van der Waals surface area contributed by atoms with E-state index >= 15 is 0 Å². The van der Waals surface area contributed by atoms with Crippen LogP contribution >= 0.6 is 11.6 Å². The smallest absolute Gasteiger partial charge is 0.263 e. The van der Waals surface area contributed by atoms with Crippen LogP contribution in [0.4, 0.5) is 10.1 Å². The van der Waals surface area contributed by atoms with Gasteiger partial charge in [-0.05, 0) is 42.5 Å². The van der Waals surface area contributed by atoms with Crippen LogP contribution in [0.1, 0.15) is 0 Å². The van der Waals surface area contributed by atoms with Gasteiger partial charge in [0.2, 0.25) is 0 Å². The van der Waals surface area contributed by atoms with Crippen LogP contribution in [0.5, 0.6) is 5.75 Å². The average Bonchev–Trinajstić information content (AvgIpc) is 2.53. The van der Waals surface area contributed by atoms with E-state index in [-0.39, 0.29) is 28.1 Å². The first-order valence-corrected chi connectivity index (χ1v) is 8.96.